The van der Waals surface area contributed by atoms with E-state index in [2.05, 4.69) is 4.99 Å². The molecule has 1 atom stereocenters. The molecule has 0 saturated heterocycles. The molecule has 5 nitrogen and oxygen atoms in total. The van der Waals surface area contributed by atoms with E-state index >= 15 is 0 Å². The lowest BCUT2D eigenvalue weighted by Crippen LogP contribution is -2.02. The molecule has 0 saturated carbocycles. The molecule has 0 N–H and O–H groups in total. The monoisotopic (exact) mass is 321 g/mol. The number of nitro groups is 1. The molecule has 0 aliphatic heterocycles. The van der Waals surface area contributed by atoms with Crippen LogP contribution in [0.15, 0.2) is 41.4 Å². The zero-order chi connectivity index (χ0) is 16.3. The van der Waals surface area contributed by atoms with E-state index in [1.165, 1.54) is 24.4 Å². The van der Waals surface area contributed by atoms with Gasteiger partial charge in [0.1, 0.15) is 5.82 Å². The molecule has 0 aromatic heterocycles. The van der Waals surface area contributed by atoms with Crippen LogP contribution >= 0.6 is 11.6 Å². The minimum atomic E-state index is -0.783. The molecule has 2 aromatic rings. The van der Waals surface area contributed by atoms with Crippen molar-refractivity contribution in [2.75, 3.05) is 0 Å². The maximum atomic E-state index is 12.9. The van der Waals surface area contributed by atoms with Gasteiger partial charge in [-0.1, -0.05) is 23.7 Å². The standard InChI is InChI=1S/C15H12ClFN2O3/c1-9(10-2-4-13(17)5-3-10)18-8-11-6-12(16)7-14(15(11)20)19(21)22/h2-9,20H,1H3/p-1/t9-/m0/s1. The Hall–Kier alpha value is -2.47. The summed E-state index contributed by atoms with van der Waals surface area (Å²) in [6.07, 6.45) is 1.25. The van der Waals surface area contributed by atoms with Crippen LogP contribution in [0.1, 0.15) is 24.1 Å². The maximum absolute atomic E-state index is 12.9. The van der Waals surface area contributed by atoms with E-state index in [1.807, 2.05) is 0 Å². The maximum Gasteiger partial charge on any atom is 0.263 e. The van der Waals surface area contributed by atoms with Crippen LogP contribution in [0, 0.1) is 15.9 Å². The fourth-order valence-electron chi connectivity index (χ4n) is 1.85. The van der Waals surface area contributed by atoms with Gasteiger partial charge in [0.15, 0.2) is 0 Å². The highest BCUT2D eigenvalue weighted by atomic mass is 35.5. The van der Waals surface area contributed by atoms with Gasteiger partial charge in [-0.2, -0.15) is 0 Å². The lowest BCUT2D eigenvalue weighted by atomic mass is 10.1. The first kappa shape index (κ1) is 15.9. The highest BCUT2D eigenvalue weighted by Crippen LogP contribution is 2.30. The second kappa shape index (κ2) is 6.53. The highest BCUT2D eigenvalue weighted by molar-refractivity contribution is 6.31. The van der Waals surface area contributed by atoms with E-state index in [0.29, 0.717) is 0 Å². The molecule has 0 aliphatic carbocycles. The lowest BCUT2D eigenvalue weighted by molar-refractivity contribution is -0.398. The average Bonchev–Trinajstić information content (AvgIpc) is 2.47. The smallest absolute Gasteiger partial charge is 0.263 e. The van der Waals surface area contributed by atoms with E-state index < -0.39 is 16.4 Å². The van der Waals surface area contributed by atoms with Crippen LogP contribution in [0.4, 0.5) is 10.1 Å². The molecule has 0 bridgehead atoms. The van der Waals surface area contributed by atoms with Crippen molar-refractivity contribution in [3.05, 3.63) is 68.5 Å². The molecule has 0 aliphatic rings. The van der Waals surface area contributed by atoms with Crippen LogP contribution in [0.2, 0.25) is 5.02 Å². The molecular weight excluding hydrogens is 311 g/mol. The van der Waals surface area contributed by atoms with Gasteiger partial charge >= 0.3 is 0 Å². The van der Waals surface area contributed by atoms with Crippen molar-refractivity contribution in [3.8, 4) is 5.75 Å². The third-order valence-electron chi connectivity index (χ3n) is 3.05. The molecule has 22 heavy (non-hydrogen) atoms. The first-order valence-corrected chi connectivity index (χ1v) is 6.70. The van der Waals surface area contributed by atoms with Crippen molar-refractivity contribution in [2.24, 2.45) is 4.99 Å². The van der Waals surface area contributed by atoms with E-state index in [4.69, 9.17) is 11.6 Å². The number of nitro benzene ring substituents is 1. The first-order chi connectivity index (χ1) is 10.4. The summed E-state index contributed by atoms with van der Waals surface area (Å²) in [6.45, 7) is 1.76. The van der Waals surface area contributed by atoms with Gasteiger partial charge < -0.3 is 5.11 Å². The summed E-state index contributed by atoms with van der Waals surface area (Å²) in [6, 6.07) is 7.77. The average molecular weight is 322 g/mol. The van der Waals surface area contributed by atoms with Crippen molar-refractivity contribution in [1.82, 2.24) is 0 Å². The molecule has 0 heterocycles. The predicted molar refractivity (Wildman–Crippen MR) is 80.0 cm³/mol. The summed E-state index contributed by atoms with van der Waals surface area (Å²) in [4.78, 5) is 14.2. The Kier molecular flexibility index (Phi) is 4.72. The number of benzene rings is 2. The lowest BCUT2D eigenvalue weighted by Gasteiger charge is -2.12. The third kappa shape index (κ3) is 3.59. The zero-order valence-corrected chi connectivity index (χ0v) is 12.2. The Bertz CT molecular complexity index is 732. The summed E-state index contributed by atoms with van der Waals surface area (Å²) in [5.74, 6) is -1.10. The molecule has 0 fully saturated rings. The second-order valence-corrected chi connectivity index (χ2v) is 5.04. The van der Waals surface area contributed by atoms with Crippen LogP contribution in [-0.2, 0) is 0 Å². The molecule has 2 rings (SSSR count). The molecule has 0 radical (unpaired) electrons. The SMILES string of the molecule is C[C@H](N=Cc1cc(Cl)cc([N+](=O)[O-])c1[O-])c1ccc(F)cc1. The summed E-state index contributed by atoms with van der Waals surface area (Å²) in [5.41, 5.74) is 0.193. The fourth-order valence-corrected chi connectivity index (χ4v) is 2.07. The fraction of sp³-hybridized carbons (Fsp3) is 0.133. The predicted octanol–water partition coefficient (Wildman–Crippen LogP) is 3.64. The quantitative estimate of drug-likeness (QED) is 0.490. The summed E-state index contributed by atoms with van der Waals surface area (Å²) in [7, 11) is 0. The molecule has 0 spiro atoms. The normalized spacial score (nSPS) is 12.5. The summed E-state index contributed by atoms with van der Waals surface area (Å²) in [5, 5.41) is 22.8. The Balaban J connectivity index is 2.30. The minimum absolute atomic E-state index is 0.0353. The van der Waals surface area contributed by atoms with Gasteiger partial charge in [-0.05, 0) is 42.0 Å². The Morgan fingerprint density at radius 3 is 2.55 bits per heavy atom. The molecule has 114 valence electrons. The van der Waals surface area contributed by atoms with Gasteiger partial charge in [-0.25, -0.2) is 4.39 Å². The van der Waals surface area contributed by atoms with Crippen LogP contribution in [-0.4, -0.2) is 11.1 Å². The third-order valence-corrected chi connectivity index (χ3v) is 3.27. The van der Waals surface area contributed by atoms with Crippen molar-refractivity contribution in [3.63, 3.8) is 0 Å². The topological polar surface area (TPSA) is 78.6 Å². The van der Waals surface area contributed by atoms with E-state index in [-0.39, 0.29) is 22.4 Å². The van der Waals surface area contributed by atoms with Crippen molar-refractivity contribution < 1.29 is 14.4 Å². The Labute approximate surface area is 130 Å². The van der Waals surface area contributed by atoms with Gasteiger partial charge in [0, 0.05) is 17.3 Å². The van der Waals surface area contributed by atoms with E-state index in [0.717, 1.165) is 11.6 Å². The summed E-state index contributed by atoms with van der Waals surface area (Å²) < 4.78 is 12.9. The number of aliphatic imine (C=N–C) groups is 1. The Morgan fingerprint density at radius 1 is 1.32 bits per heavy atom. The van der Waals surface area contributed by atoms with Crippen LogP contribution in [0.5, 0.6) is 5.75 Å². The second-order valence-electron chi connectivity index (χ2n) is 4.61. The van der Waals surface area contributed by atoms with Crippen molar-refractivity contribution in [2.45, 2.75) is 13.0 Å². The Morgan fingerprint density at radius 2 is 1.95 bits per heavy atom. The van der Waals surface area contributed by atoms with Gasteiger partial charge in [0.25, 0.3) is 5.69 Å². The summed E-state index contributed by atoms with van der Waals surface area (Å²) >= 11 is 5.77. The van der Waals surface area contributed by atoms with Gasteiger partial charge in [-0.15, -0.1) is 0 Å². The van der Waals surface area contributed by atoms with E-state index in [1.54, 1.807) is 19.1 Å². The molecule has 0 amide bonds. The number of rotatable bonds is 4. The first-order valence-electron chi connectivity index (χ1n) is 6.32. The van der Waals surface area contributed by atoms with Crippen LogP contribution < -0.4 is 5.11 Å². The van der Waals surface area contributed by atoms with Gasteiger partial charge in [-0.3, -0.25) is 15.1 Å². The largest absolute Gasteiger partial charge is 0.867 e. The van der Waals surface area contributed by atoms with Gasteiger partial charge in [0.2, 0.25) is 0 Å². The van der Waals surface area contributed by atoms with Crippen molar-refractivity contribution in [1.29, 1.82) is 0 Å². The molecule has 7 heteroatoms. The number of hydrogen-bond acceptors (Lipinski definition) is 4. The molecule has 2 aromatic carbocycles. The number of hydrogen-bond donors (Lipinski definition) is 0. The van der Waals surface area contributed by atoms with Crippen LogP contribution in [0.25, 0.3) is 0 Å². The van der Waals surface area contributed by atoms with Crippen LogP contribution in [0.3, 0.4) is 0 Å². The van der Waals surface area contributed by atoms with Gasteiger partial charge in [0.05, 0.1) is 11.0 Å². The number of nitrogens with zero attached hydrogens (tertiary/aromatic N) is 2. The molecular formula is C15H11ClFN2O3-. The minimum Gasteiger partial charge on any atom is -0.867 e. The zero-order valence-electron chi connectivity index (χ0n) is 11.5. The number of halogens is 2. The van der Waals surface area contributed by atoms with Crippen molar-refractivity contribution >= 4 is 23.5 Å². The highest BCUT2D eigenvalue weighted by Gasteiger charge is 2.11. The van der Waals surface area contributed by atoms with E-state index in [9.17, 15) is 19.6 Å². The molecule has 0 unspecified atom stereocenters.